The molecule has 0 spiro atoms. The SMILES string of the molecule is CC(=O)C(=NNc1ccc(OC(F)(F)F)cc1)C(=O)CCC(=O)C(N=Nc1ccc(OC(F)(F)F)cc1)C(C)=O. The lowest BCUT2D eigenvalue weighted by molar-refractivity contribution is -0.275. The van der Waals surface area contributed by atoms with E-state index in [-0.39, 0.29) is 11.4 Å². The number of hydrogen-bond donors (Lipinski definition) is 1. The van der Waals surface area contributed by atoms with E-state index in [4.69, 9.17) is 0 Å². The standard InChI is InChI=1S/C24H20F6N4O6/c1-13(35)21(33-31-15-3-7-17(8-4-15)39-23(25,26)27)19(37)11-12-20(38)22(14(2)36)34-32-16-5-9-18(10-6-16)40-24(28,29)30/h3-10,21,32H,11-12H2,1-2H3. The van der Waals surface area contributed by atoms with Crippen LogP contribution in [0.4, 0.5) is 37.7 Å². The number of carbonyl (C=O) groups excluding carboxylic acids is 4. The third-order valence-corrected chi connectivity index (χ3v) is 4.63. The number of rotatable bonds is 13. The van der Waals surface area contributed by atoms with Gasteiger partial charge in [0.1, 0.15) is 11.5 Å². The van der Waals surface area contributed by atoms with E-state index in [2.05, 4.69) is 30.2 Å². The minimum atomic E-state index is -4.89. The number of nitrogens with one attached hydrogen (secondary N) is 1. The summed E-state index contributed by atoms with van der Waals surface area (Å²) in [4.78, 5) is 48.8. The van der Waals surface area contributed by atoms with Gasteiger partial charge in [0, 0.05) is 19.8 Å². The van der Waals surface area contributed by atoms with Gasteiger partial charge in [0.25, 0.3) is 0 Å². The second kappa shape index (κ2) is 13.4. The highest BCUT2D eigenvalue weighted by atomic mass is 19.4. The lowest BCUT2D eigenvalue weighted by atomic mass is 10.0. The fourth-order valence-corrected chi connectivity index (χ4v) is 2.89. The molecule has 1 atom stereocenters. The van der Waals surface area contributed by atoms with E-state index in [0.29, 0.717) is 0 Å². The van der Waals surface area contributed by atoms with Crippen LogP contribution in [-0.4, -0.2) is 47.6 Å². The van der Waals surface area contributed by atoms with E-state index in [1.807, 2.05) is 0 Å². The molecule has 16 heteroatoms. The van der Waals surface area contributed by atoms with Gasteiger partial charge in [-0.1, -0.05) is 0 Å². The Hall–Kier alpha value is -4.63. The zero-order chi connectivity index (χ0) is 30.1. The highest BCUT2D eigenvalue weighted by molar-refractivity contribution is 6.65. The molecule has 2 rings (SSSR count). The molecule has 0 radical (unpaired) electrons. The summed E-state index contributed by atoms with van der Waals surface area (Å²) in [5.41, 5.74) is 1.89. The van der Waals surface area contributed by atoms with Crippen molar-refractivity contribution in [2.75, 3.05) is 5.43 Å². The lowest BCUT2D eigenvalue weighted by Gasteiger charge is -2.09. The Balaban J connectivity index is 2.02. The van der Waals surface area contributed by atoms with Crippen LogP contribution in [0.5, 0.6) is 11.5 Å². The molecular weight excluding hydrogens is 554 g/mol. The number of ether oxygens (including phenoxy) is 2. The Kier molecular flexibility index (Phi) is 10.6. The monoisotopic (exact) mass is 574 g/mol. The van der Waals surface area contributed by atoms with Crippen LogP contribution in [0.2, 0.25) is 0 Å². The summed E-state index contributed by atoms with van der Waals surface area (Å²) in [7, 11) is 0. The summed E-state index contributed by atoms with van der Waals surface area (Å²) < 4.78 is 80.9. The zero-order valence-corrected chi connectivity index (χ0v) is 20.7. The van der Waals surface area contributed by atoms with Crippen molar-refractivity contribution in [1.29, 1.82) is 0 Å². The van der Waals surface area contributed by atoms with Crippen LogP contribution < -0.4 is 14.9 Å². The number of Topliss-reactive ketones (excluding diaryl/α,β-unsaturated/α-hetero) is 4. The molecule has 2 aromatic carbocycles. The average Bonchev–Trinajstić information content (AvgIpc) is 2.82. The van der Waals surface area contributed by atoms with E-state index in [1.54, 1.807) is 0 Å². The van der Waals surface area contributed by atoms with Crippen molar-refractivity contribution in [3.8, 4) is 11.5 Å². The normalized spacial score (nSPS) is 13.1. The molecule has 0 fully saturated rings. The first-order valence-electron chi connectivity index (χ1n) is 11.1. The van der Waals surface area contributed by atoms with Crippen LogP contribution in [0, 0.1) is 0 Å². The Bertz CT molecular complexity index is 1290. The van der Waals surface area contributed by atoms with Crippen molar-refractivity contribution < 1.29 is 55.0 Å². The predicted octanol–water partition coefficient (Wildman–Crippen LogP) is 5.50. The summed E-state index contributed by atoms with van der Waals surface area (Å²) in [6.07, 6.45) is -10.9. The molecule has 214 valence electrons. The van der Waals surface area contributed by atoms with Crippen LogP contribution in [-0.2, 0) is 19.2 Å². The molecule has 1 N–H and O–H groups in total. The molecule has 2 aromatic rings. The smallest absolute Gasteiger partial charge is 0.406 e. The molecule has 0 aliphatic carbocycles. The van der Waals surface area contributed by atoms with Crippen LogP contribution >= 0.6 is 0 Å². The van der Waals surface area contributed by atoms with Crippen molar-refractivity contribution >= 4 is 40.2 Å². The highest BCUT2D eigenvalue weighted by Crippen LogP contribution is 2.26. The summed E-state index contributed by atoms with van der Waals surface area (Å²) in [5.74, 6) is -4.22. The van der Waals surface area contributed by atoms with Gasteiger partial charge < -0.3 is 9.47 Å². The molecule has 0 amide bonds. The number of hydrazone groups is 1. The highest BCUT2D eigenvalue weighted by Gasteiger charge is 2.32. The van der Waals surface area contributed by atoms with Gasteiger partial charge in [-0.15, -0.1) is 26.3 Å². The van der Waals surface area contributed by atoms with Crippen molar-refractivity contribution in [2.24, 2.45) is 15.3 Å². The first-order valence-corrected chi connectivity index (χ1v) is 11.1. The van der Waals surface area contributed by atoms with Crippen molar-refractivity contribution in [1.82, 2.24) is 0 Å². The topological polar surface area (TPSA) is 136 Å². The first-order chi connectivity index (χ1) is 18.5. The fraction of sp³-hybridized carbons (Fsp3) is 0.292. The molecule has 0 saturated carbocycles. The maximum absolute atomic E-state index is 12.5. The number of azo groups is 1. The van der Waals surface area contributed by atoms with Gasteiger partial charge in [-0.25, -0.2) is 0 Å². The second-order valence-electron chi connectivity index (χ2n) is 7.86. The van der Waals surface area contributed by atoms with E-state index < -0.39 is 72.0 Å². The van der Waals surface area contributed by atoms with Crippen molar-refractivity contribution in [3.05, 3.63) is 48.5 Å². The molecule has 0 aliphatic heterocycles. The molecule has 40 heavy (non-hydrogen) atoms. The predicted molar refractivity (Wildman–Crippen MR) is 126 cm³/mol. The largest absolute Gasteiger partial charge is 0.573 e. The number of carbonyl (C=O) groups is 4. The van der Waals surface area contributed by atoms with E-state index in [1.165, 1.54) is 0 Å². The molecule has 0 heterocycles. The van der Waals surface area contributed by atoms with Gasteiger partial charge in [-0.3, -0.25) is 24.6 Å². The number of nitrogens with zero attached hydrogens (tertiary/aromatic N) is 3. The Morgan fingerprint density at radius 2 is 1.30 bits per heavy atom. The number of halogens is 6. The number of hydrogen-bond acceptors (Lipinski definition) is 10. The third kappa shape index (κ3) is 11.0. The molecule has 0 bridgehead atoms. The van der Waals surface area contributed by atoms with Gasteiger partial charge in [0.15, 0.2) is 34.9 Å². The lowest BCUT2D eigenvalue weighted by Crippen LogP contribution is -2.28. The second-order valence-corrected chi connectivity index (χ2v) is 7.86. The van der Waals surface area contributed by atoms with Gasteiger partial charge in [-0.05, 0) is 55.5 Å². The molecule has 1 unspecified atom stereocenters. The average molecular weight is 574 g/mol. The molecule has 0 saturated heterocycles. The first kappa shape index (κ1) is 31.6. The molecular formula is C24H20F6N4O6. The summed E-state index contributed by atoms with van der Waals surface area (Å²) in [5, 5.41) is 11.0. The molecule has 0 aromatic heterocycles. The van der Waals surface area contributed by atoms with Gasteiger partial charge >= 0.3 is 12.7 Å². The van der Waals surface area contributed by atoms with Crippen LogP contribution in [0.3, 0.4) is 0 Å². The maximum atomic E-state index is 12.5. The van der Waals surface area contributed by atoms with E-state index >= 15 is 0 Å². The number of benzene rings is 2. The fourth-order valence-electron chi connectivity index (χ4n) is 2.89. The zero-order valence-electron chi connectivity index (χ0n) is 20.7. The van der Waals surface area contributed by atoms with Crippen LogP contribution in [0.1, 0.15) is 26.7 Å². The van der Waals surface area contributed by atoms with E-state index in [9.17, 15) is 45.5 Å². The third-order valence-electron chi connectivity index (χ3n) is 4.63. The number of alkyl halides is 6. The minimum Gasteiger partial charge on any atom is -0.406 e. The van der Waals surface area contributed by atoms with Crippen LogP contribution in [0.25, 0.3) is 0 Å². The molecule has 0 aliphatic rings. The number of anilines is 1. The van der Waals surface area contributed by atoms with Crippen molar-refractivity contribution in [2.45, 2.75) is 45.5 Å². The summed E-state index contributed by atoms with van der Waals surface area (Å²) >= 11 is 0. The summed E-state index contributed by atoms with van der Waals surface area (Å²) in [6.45, 7) is 2.07. The molecule has 10 nitrogen and oxygen atoms in total. The maximum Gasteiger partial charge on any atom is 0.573 e. The summed E-state index contributed by atoms with van der Waals surface area (Å²) in [6, 6.07) is 6.74. The quantitative estimate of drug-likeness (QED) is 0.110. The van der Waals surface area contributed by atoms with Gasteiger partial charge in [0.2, 0.25) is 0 Å². The van der Waals surface area contributed by atoms with Gasteiger partial charge in [0.05, 0.1) is 11.4 Å². The Morgan fingerprint density at radius 3 is 1.75 bits per heavy atom. The van der Waals surface area contributed by atoms with Crippen molar-refractivity contribution in [3.63, 3.8) is 0 Å². The van der Waals surface area contributed by atoms with Crippen LogP contribution in [0.15, 0.2) is 63.9 Å². The minimum absolute atomic E-state index is 0.0136. The number of ketones is 4. The van der Waals surface area contributed by atoms with E-state index in [0.717, 1.165) is 62.4 Å². The Labute approximate surface area is 222 Å². The van der Waals surface area contributed by atoms with Gasteiger partial charge in [-0.2, -0.15) is 15.3 Å². The Morgan fingerprint density at radius 1 is 0.800 bits per heavy atom.